The summed E-state index contributed by atoms with van der Waals surface area (Å²) in [7, 11) is 1.57. The van der Waals surface area contributed by atoms with Crippen LogP contribution in [0.4, 0.5) is 0 Å². The normalized spacial score (nSPS) is 14.6. The van der Waals surface area contributed by atoms with Crippen LogP contribution in [-0.2, 0) is 16.6 Å². The first kappa shape index (κ1) is 24.8. The molecule has 0 bridgehead atoms. The number of halogens is 1. The second-order valence-corrected chi connectivity index (χ2v) is 8.43. The number of nitrogens with zero attached hydrogens (tertiary/aromatic N) is 1. The van der Waals surface area contributed by atoms with Gasteiger partial charge in [-0.1, -0.05) is 12.5 Å². The topological polar surface area (TPSA) is 101 Å². The second kappa shape index (κ2) is 12.3. The lowest BCUT2D eigenvalue weighted by Crippen LogP contribution is -2.41. The first-order chi connectivity index (χ1) is 13.0. The van der Waals surface area contributed by atoms with E-state index in [0.717, 1.165) is 18.4 Å². The highest BCUT2D eigenvalue weighted by atomic mass is 127. The van der Waals surface area contributed by atoms with Gasteiger partial charge in [-0.25, -0.2) is 13.1 Å². The molecule has 1 aliphatic rings. The third-order valence-electron chi connectivity index (χ3n) is 4.61. The lowest BCUT2D eigenvalue weighted by Gasteiger charge is -2.25. The second-order valence-electron chi connectivity index (χ2n) is 6.51. The average Bonchev–Trinajstić information content (AvgIpc) is 2.62. The average molecular weight is 526 g/mol. The Morgan fingerprint density at radius 3 is 2.46 bits per heavy atom. The quantitative estimate of drug-likeness (QED) is 0.244. The van der Waals surface area contributed by atoms with Crippen molar-refractivity contribution < 1.29 is 17.9 Å². The Balaban J connectivity index is 0.00000392. The number of rotatable bonds is 10. The van der Waals surface area contributed by atoms with Gasteiger partial charge in [0.05, 0.1) is 20.0 Å². The van der Waals surface area contributed by atoms with E-state index in [1.54, 1.807) is 21.3 Å². The number of nitrogens with one attached hydrogen (secondary N) is 3. The minimum atomic E-state index is -3.27. The van der Waals surface area contributed by atoms with Gasteiger partial charge in [0.2, 0.25) is 10.0 Å². The van der Waals surface area contributed by atoms with Crippen molar-refractivity contribution in [3.8, 4) is 11.5 Å². The minimum Gasteiger partial charge on any atom is -0.493 e. The van der Waals surface area contributed by atoms with E-state index in [2.05, 4.69) is 20.3 Å². The van der Waals surface area contributed by atoms with E-state index in [0.29, 0.717) is 36.5 Å². The molecular weight excluding hydrogens is 495 g/mol. The van der Waals surface area contributed by atoms with Crippen LogP contribution in [-0.4, -0.2) is 54.5 Å². The summed E-state index contributed by atoms with van der Waals surface area (Å²) >= 11 is 0. The van der Waals surface area contributed by atoms with Crippen LogP contribution in [0.25, 0.3) is 0 Å². The minimum absolute atomic E-state index is 0. The number of sulfonamides is 1. The SMILES string of the molecule is CN=C(NCCS(=O)(=O)NCC1CCC1)NCc1ccc(OC)c(OC)c1.I. The maximum absolute atomic E-state index is 12.0. The van der Waals surface area contributed by atoms with Gasteiger partial charge in [0, 0.05) is 26.7 Å². The van der Waals surface area contributed by atoms with Crippen LogP contribution in [0.3, 0.4) is 0 Å². The Hall–Kier alpha value is -1.27. The van der Waals surface area contributed by atoms with Gasteiger partial charge in [-0.05, 0) is 36.5 Å². The van der Waals surface area contributed by atoms with Gasteiger partial charge in [-0.2, -0.15) is 0 Å². The lowest BCUT2D eigenvalue weighted by atomic mass is 9.86. The highest BCUT2D eigenvalue weighted by Crippen LogP contribution is 2.27. The number of methoxy groups -OCH3 is 2. The Bertz CT molecular complexity index is 739. The molecule has 0 spiro atoms. The molecule has 1 aliphatic carbocycles. The summed E-state index contributed by atoms with van der Waals surface area (Å²) in [5.74, 6) is 2.38. The van der Waals surface area contributed by atoms with E-state index in [1.165, 1.54) is 6.42 Å². The van der Waals surface area contributed by atoms with E-state index in [4.69, 9.17) is 9.47 Å². The largest absolute Gasteiger partial charge is 0.493 e. The smallest absolute Gasteiger partial charge is 0.213 e. The highest BCUT2D eigenvalue weighted by Gasteiger charge is 2.20. The molecule has 8 nitrogen and oxygen atoms in total. The van der Waals surface area contributed by atoms with Gasteiger partial charge in [0.15, 0.2) is 17.5 Å². The van der Waals surface area contributed by atoms with Gasteiger partial charge >= 0.3 is 0 Å². The standard InChI is InChI=1S/C18H30N4O4S.HI/c1-19-18(20-9-10-27(23,24)22-13-14-5-4-6-14)21-12-15-7-8-16(25-2)17(11-15)26-3;/h7-8,11,14,22H,4-6,9-10,12-13H2,1-3H3,(H2,19,20,21);1H. The lowest BCUT2D eigenvalue weighted by molar-refractivity contribution is 0.316. The van der Waals surface area contributed by atoms with Crippen molar-refractivity contribution in [1.82, 2.24) is 15.4 Å². The number of hydrogen-bond acceptors (Lipinski definition) is 5. The van der Waals surface area contributed by atoms with Crippen LogP contribution in [0, 0.1) is 5.92 Å². The number of ether oxygens (including phenoxy) is 2. The predicted octanol–water partition coefficient (Wildman–Crippen LogP) is 1.71. The maximum atomic E-state index is 12.0. The highest BCUT2D eigenvalue weighted by molar-refractivity contribution is 14.0. The van der Waals surface area contributed by atoms with Crippen LogP contribution in [0.2, 0.25) is 0 Å². The van der Waals surface area contributed by atoms with Crippen molar-refractivity contribution >= 4 is 40.0 Å². The number of benzene rings is 1. The van der Waals surface area contributed by atoms with Crippen molar-refractivity contribution in [1.29, 1.82) is 0 Å². The van der Waals surface area contributed by atoms with Gasteiger partial charge in [-0.15, -0.1) is 24.0 Å². The number of hydrogen-bond donors (Lipinski definition) is 3. The summed E-state index contributed by atoms with van der Waals surface area (Å²) in [6, 6.07) is 5.65. The molecule has 0 aliphatic heterocycles. The molecule has 0 unspecified atom stereocenters. The molecule has 0 atom stereocenters. The summed E-state index contributed by atoms with van der Waals surface area (Å²) in [5.41, 5.74) is 0.991. The number of guanidine groups is 1. The van der Waals surface area contributed by atoms with Crippen molar-refractivity contribution in [2.75, 3.05) is 40.1 Å². The molecule has 3 N–H and O–H groups in total. The van der Waals surface area contributed by atoms with Crippen molar-refractivity contribution in [2.24, 2.45) is 10.9 Å². The van der Waals surface area contributed by atoms with Crippen molar-refractivity contribution in [3.63, 3.8) is 0 Å². The van der Waals surface area contributed by atoms with E-state index < -0.39 is 10.0 Å². The zero-order valence-corrected chi connectivity index (χ0v) is 19.8. The van der Waals surface area contributed by atoms with Gasteiger partial charge < -0.3 is 20.1 Å². The van der Waals surface area contributed by atoms with Gasteiger partial charge in [0.1, 0.15) is 0 Å². The molecule has 1 saturated carbocycles. The molecule has 0 heterocycles. The van der Waals surface area contributed by atoms with Crippen LogP contribution in [0.15, 0.2) is 23.2 Å². The monoisotopic (exact) mass is 526 g/mol. The van der Waals surface area contributed by atoms with Crippen molar-refractivity contribution in [2.45, 2.75) is 25.8 Å². The third-order valence-corrected chi connectivity index (χ3v) is 5.96. The Morgan fingerprint density at radius 1 is 1.18 bits per heavy atom. The molecule has 0 radical (unpaired) electrons. The summed E-state index contributed by atoms with van der Waals surface area (Å²) in [6.07, 6.45) is 3.44. The Morgan fingerprint density at radius 2 is 1.89 bits per heavy atom. The van der Waals surface area contributed by atoms with Crippen LogP contribution in [0.5, 0.6) is 11.5 Å². The fraction of sp³-hybridized carbons (Fsp3) is 0.611. The molecule has 10 heteroatoms. The summed E-state index contributed by atoms with van der Waals surface area (Å²) in [4.78, 5) is 4.12. The van der Waals surface area contributed by atoms with Crippen LogP contribution >= 0.6 is 24.0 Å². The van der Waals surface area contributed by atoms with E-state index in [-0.39, 0.29) is 36.3 Å². The maximum Gasteiger partial charge on any atom is 0.213 e. The fourth-order valence-electron chi connectivity index (χ4n) is 2.71. The van der Waals surface area contributed by atoms with E-state index in [9.17, 15) is 8.42 Å². The van der Waals surface area contributed by atoms with Crippen molar-refractivity contribution in [3.05, 3.63) is 23.8 Å². The molecule has 0 aromatic heterocycles. The van der Waals surface area contributed by atoms with Gasteiger partial charge in [0.25, 0.3) is 0 Å². The van der Waals surface area contributed by atoms with Gasteiger partial charge in [-0.3, -0.25) is 4.99 Å². The molecule has 0 amide bonds. The molecule has 2 rings (SSSR count). The molecular formula is C18H31IN4O4S. The zero-order valence-electron chi connectivity index (χ0n) is 16.7. The molecule has 160 valence electrons. The molecule has 1 fully saturated rings. The summed E-state index contributed by atoms with van der Waals surface area (Å²) in [6.45, 7) is 1.35. The predicted molar refractivity (Wildman–Crippen MR) is 122 cm³/mol. The molecule has 28 heavy (non-hydrogen) atoms. The fourth-order valence-corrected chi connectivity index (χ4v) is 3.72. The van der Waals surface area contributed by atoms with E-state index >= 15 is 0 Å². The Labute approximate surface area is 184 Å². The molecule has 1 aromatic rings. The number of aliphatic imine (C=N–C) groups is 1. The Kier molecular flexibility index (Phi) is 10.9. The summed E-state index contributed by atoms with van der Waals surface area (Å²) < 4.78 is 37.2. The summed E-state index contributed by atoms with van der Waals surface area (Å²) in [5, 5.41) is 6.18. The first-order valence-corrected chi connectivity index (χ1v) is 10.8. The van der Waals surface area contributed by atoms with E-state index in [1.807, 2.05) is 18.2 Å². The first-order valence-electron chi connectivity index (χ1n) is 9.10. The third kappa shape index (κ3) is 8.00. The van der Waals surface area contributed by atoms with Crippen LogP contribution < -0.4 is 24.8 Å². The molecule has 1 aromatic carbocycles. The zero-order chi connectivity index (χ0) is 19.7. The molecule has 0 saturated heterocycles. The van der Waals surface area contributed by atoms with Crippen LogP contribution in [0.1, 0.15) is 24.8 Å².